The molecule has 0 aromatic heterocycles. The number of carbonyl (C=O) groups is 1. The van der Waals surface area contributed by atoms with Crippen LogP contribution in [0.3, 0.4) is 0 Å². The lowest BCUT2D eigenvalue weighted by Crippen LogP contribution is -2.61. The van der Waals surface area contributed by atoms with Gasteiger partial charge in [0.15, 0.2) is 0 Å². The van der Waals surface area contributed by atoms with Crippen molar-refractivity contribution in [2.45, 2.75) is 26.3 Å². The van der Waals surface area contributed by atoms with E-state index in [9.17, 15) is 4.79 Å². The van der Waals surface area contributed by atoms with E-state index in [0.717, 1.165) is 26.2 Å². The number of hydrogen-bond acceptors (Lipinski definition) is 5. The highest BCUT2D eigenvalue weighted by atomic mass is 16.5. The average Bonchev–Trinajstić information content (AvgIpc) is 2.37. The predicted octanol–water partition coefficient (Wildman–Crippen LogP) is 0.250. The number of hydrogen-bond donors (Lipinski definition) is 1. The molecule has 5 nitrogen and oxygen atoms in total. The van der Waals surface area contributed by atoms with Crippen LogP contribution in [0.1, 0.15) is 20.8 Å². The third-order valence-corrected chi connectivity index (χ3v) is 3.12. The van der Waals surface area contributed by atoms with Crippen LogP contribution in [-0.4, -0.2) is 62.4 Å². The first-order chi connectivity index (χ1) is 8.15. The van der Waals surface area contributed by atoms with Crippen LogP contribution in [-0.2, 0) is 14.3 Å². The van der Waals surface area contributed by atoms with Crippen molar-refractivity contribution in [3.63, 3.8) is 0 Å². The maximum absolute atomic E-state index is 12.1. The fraction of sp³-hybridized carbons (Fsp3) is 0.917. The summed E-state index contributed by atoms with van der Waals surface area (Å²) in [6.45, 7) is 10.6. The van der Waals surface area contributed by atoms with E-state index in [0.29, 0.717) is 19.8 Å². The lowest BCUT2D eigenvalue weighted by atomic mass is 10.00. The van der Waals surface area contributed by atoms with Gasteiger partial charge in [-0.25, -0.2) is 4.79 Å². The zero-order valence-corrected chi connectivity index (χ0v) is 11.1. The van der Waals surface area contributed by atoms with Crippen molar-refractivity contribution in [3.8, 4) is 0 Å². The van der Waals surface area contributed by atoms with Gasteiger partial charge in [-0.05, 0) is 20.8 Å². The number of carbonyl (C=O) groups excluding carboxylic acids is 1. The van der Waals surface area contributed by atoms with Crippen molar-refractivity contribution >= 4 is 5.97 Å². The van der Waals surface area contributed by atoms with E-state index >= 15 is 0 Å². The summed E-state index contributed by atoms with van der Waals surface area (Å²) in [5.41, 5.74) is -0.659. The molecule has 0 bridgehead atoms. The SMILES string of the molecule is CCOCC(C)(C(=O)OCC)N1CCNCC1. The summed E-state index contributed by atoms with van der Waals surface area (Å²) in [5.74, 6) is -0.185. The Kier molecular flexibility index (Phi) is 5.88. The molecule has 1 heterocycles. The van der Waals surface area contributed by atoms with E-state index in [1.165, 1.54) is 0 Å². The predicted molar refractivity (Wildman–Crippen MR) is 66.0 cm³/mol. The zero-order chi connectivity index (χ0) is 12.7. The molecule has 1 fully saturated rings. The first kappa shape index (κ1) is 14.4. The van der Waals surface area contributed by atoms with Gasteiger partial charge in [0, 0.05) is 32.8 Å². The van der Waals surface area contributed by atoms with Crippen LogP contribution in [0.2, 0.25) is 0 Å². The van der Waals surface area contributed by atoms with Crippen molar-refractivity contribution in [2.24, 2.45) is 0 Å². The van der Waals surface area contributed by atoms with E-state index < -0.39 is 5.54 Å². The first-order valence-electron chi connectivity index (χ1n) is 6.36. The number of ether oxygens (including phenoxy) is 2. The summed E-state index contributed by atoms with van der Waals surface area (Å²) >= 11 is 0. The number of esters is 1. The van der Waals surface area contributed by atoms with Crippen LogP contribution < -0.4 is 5.32 Å². The molecule has 1 atom stereocenters. The van der Waals surface area contributed by atoms with Gasteiger partial charge < -0.3 is 14.8 Å². The van der Waals surface area contributed by atoms with Crippen molar-refractivity contribution in [2.75, 3.05) is 46.0 Å². The summed E-state index contributed by atoms with van der Waals surface area (Å²) < 4.78 is 10.6. The van der Waals surface area contributed by atoms with Gasteiger partial charge >= 0.3 is 5.97 Å². The maximum atomic E-state index is 12.1. The maximum Gasteiger partial charge on any atom is 0.328 e. The first-order valence-corrected chi connectivity index (χ1v) is 6.36. The van der Waals surface area contributed by atoms with Gasteiger partial charge in [0.2, 0.25) is 0 Å². The molecule has 0 aliphatic carbocycles. The minimum atomic E-state index is -0.659. The fourth-order valence-corrected chi connectivity index (χ4v) is 2.03. The molecular formula is C12H24N2O3. The van der Waals surface area contributed by atoms with Crippen molar-refractivity contribution in [3.05, 3.63) is 0 Å². The molecule has 1 aliphatic rings. The molecule has 0 aromatic rings. The molecule has 1 saturated heterocycles. The number of rotatable bonds is 6. The molecule has 0 spiro atoms. The minimum absolute atomic E-state index is 0.185. The number of nitrogens with zero attached hydrogens (tertiary/aromatic N) is 1. The summed E-state index contributed by atoms with van der Waals surface area (Å²) in [7, 11) is 0. The summed E-state index contributed by atoms with van der Waals surface area (Å²) in [4.78, 5) is 14.3. The van der Waals surface area contributed by atoms with Gasteiger partial charge in [0.25, 0.3) is 0 Å². The lowest BCUT2D eigenvalue weighted by Gasteiger charge is -2.41. The second kappa shape index (κ2) is 6.93. The molecule has 17 heavy (non-hydrogen) atoms. The summed E-state index contributed by atoms with van der Waals surface area (Å²) in [5, 5.41) is 3.28. The Bertz CT molecular complexity index is 242. The molecule has 1 unspecified atom stereocenters. The molecule has 1 N–H and O–H groups in total. The summed E-state index contributed by atoms with van der Waals surface area (Å²) in [6, 6.07) is 0. The van der Waals surface area contributed by atoms with E-state index in [4.69, 9.17) is 9.47 Å². The van der Waals surface area contributed by atoms with Gasteiger partial charge in [0.05, 0.1) is 13.2 Å². The standard InChI is InChI=1S/C12H24N2O3/c1-4-16-10-12(3,11(15)17-5-2)14-8-6-13-7-9-14/h13H,4-10H2,1-3H3. The van der Waals surface area contributed by atoms with Crippen LogP contribution in [0, 0.1) is 0 Å². The Morgan fingerprint density at radius 2 is 1.94 bits per heavy atom. The van der Waals surface area contributed by atoms with Crippen LogP contribution in [0.4, 0.5) is 0 Å². The Balaban J connectivity index is 2.71. The van der Waals surface area contributed by atoms with Gasteiger partial charge in [0.1, 0.15) is 5.54 Å². The van der Waals surface area contributed by atoms with E-state index in [-0.39, 0.29) is 5.97 Å². The van der Waals surface area contributed by atoms with Crippen LogP contribution in [0.15, 0.2) is 0 Å². The Labute approximate surface area is 103 Å². The van der Waals surface area contributed by atoms with Crippen LogP contribution >= 0.6 is 0 Å². The largest absolute Gasteiger partial charge is 0.465 e. The molecule has 1 aliphatic heterocycles. The summed E-state index contributed by atoms with van der Waals surface area (Å²) in [6.07, 6.45) is 0. The Hall–Kier alpha value is -0.650. The molecule has 100 valence electrons. The van der Waals surface area contributed by atoms with Crippen LogP contribution in [0.25, 0.3) is 0 Å². The number of nitrogens with one attached hydrogen (secondary N) is 1. The second-order valence-corrected chi connectivity index (χ2v) is 4.37. The fourth-order valence-electron chi connectivity index (χ4n) is 2.03. The zero-order valence-electron chi connectivity index (χ0n) is 11.1. The van der Waals surface area contributed by atoms with Gasteiger partial charge in [-0.3, -0.25) is 4.90 Å². The number of piperazine rings is 1. The van der Waals surface area contributed by atoms with Crippen molar-refractivity contribution < 1.29 is 14.3 Å². The highest BCUT2D eigenvalue weighted by molar-refractivity contribution is 5.80. The van der Waals surface area contributed by atoms with Crippen molar-refractivity contribution in [1.82, 2.24) is 10.2 Å². The molecule has 0 aromatic carbocycles. The molecule has 5 heteroatoms. The second-order valence-electron chi connectivity index (χ2n) is 4.37. The van der Waals surface area contributed by atoms with E-state index in [2.05, 4.69) is 10.2 Å². The molecule has 1 rings (SSSR count). The van der Waals surface area contributed by atoms with Gasteiger partial charge in [-0.2, -0.15) is 0 Å². The van der Waals surface area contributed by atoms with Crippen molar-refractivity contribution in [1.29, 1.82) is 0 Å². The quantitative estimate of drug-likeness (QED) is 0.679. The Morgan fingerprint density at radius 3 is 2.47 bits per heavy atom. The third-order valence-electron chi connectivity index (χ3n) is 3.12. The van der Waals surface area contributed by atoms with E-state index in [1.807, 2.05) is 20.8 Å². The third kappa shape index (κ3) is 3.66. The molecule has 0 saturated carbocycles. The average molecular weight is 244 g/mol. The monoisotopic (exact) mass is 244 g/mol. The molecule has 0 radical (unpaired) electrons. The smallest absolute Gasteiger partial charge is 0.328 e. The minimum Gasteiger partial charge on any atom is -0.465 e. The lowest BCUT2D eigenvalue weighted by molar-refractivity contribution is -0.161. The van der Waals surface area contributed by atoms with E-state index in [1.54, 1.807) is 0 Å². The Morgan fingerprint density at radius 1 is 1.29 bits per heavy atom. The molecular weight excluding hydrogens is 220 g/mol. The topological polar surface area (TPSA) is 50.8 Å². The molecule has 0 amide bonds. The van der Waals surface area contributed by atoms with Gasteiger partial charge in [-0.15, -0.1) is 0 Å². The highest BCUT2D eigenvalue weighted by Gasteiger charge is 2.41. The normalized spacial score (nSPS) is 20.9. The van der Waals surface area contributed by atoms with Crippen LogP contribution in [0.5, 0.6) is 0 Å². The highest BCUT2D eigenvalue weighted by Crippen LogP contribution is 2.18. The van der Waals surface area contributed by atoms with Gasteiger partial charge in [-0.1, -0.05) is 0 Å².